The second kappa shape index (κ2) is 12.0. The van der Waals surface area contributed by atoms with Gasteiger partial charge in [-0.1, -0.05) is 44.2 Å². The molecule has 0 N–H and O–H groups in total. The van der Waals surface area contributed by atoms with Gasteiger partial charge in [0, 0.05) is 15.2 Å². The fourth-order valence-corrected chi connectivity index (χ4v) is 4.40. The lowest BCUT2D eigenvalue weighted by molar-refractivity contribution is 0.00401. The molecule has 0 atom stereocenters. The number of aromatic nitrogens is 1. The molecule has 40 heavy (non-hydrogen) atoms. The van der Waals surface area contributed by atoms with Crippen LogP contribution in [0.3, 0.4) is 0 Å². The van der Waals surface area contributed by atoms with Gasteiger partial charge < -0.3 is 14.2 Å². The zero-order valence-electron chi connectivity index (χ0n) is 24.0. The Morgan fingerprint density at radius 3 is 1.93 bits per heavy atom. The van der Waals surface area contributed by atoms with Gasteiger partial charge in [-0.15, -0.1) is 4.90 Å². The van der Waals surface area contributed by atoms with Crippen molar-refractivity contribution in [2.24, 2.45) is 5.92 Å². The van der Waals surface area contributed by atoms with Gasteiger partial charge in [0.05, 0.1) is 17.7 Å². The number of imide groups is 3. The third kappa shape index (κ3) is 7.61. The minimum atomic E-state index is -1.19. The first-order valence-corrected chi connectivity index (χ1v) is 13.9. The molecule has 0 saturated heterocycles. The molecule has 1 aromatic heterocycles. The molecule has 10 heteroatoms. The molecule has 9 nitrogen and oxygen atoms in total. The van der Waals surface area contributed by atoms with Gasteiger partial charge in [0.15, 0.2) is 0 Å². The van der Waals surface area contributed by atoms with Crippen molar-refractivity contribution in [1.82, 2.24) is 9.47 Å². The maximum atomic E-state index is 14.2. The third-order valence-electron chi connectivity index (χ3n) is 5.28. The Kier molecular flexibility index (Phi) is 9.33. The highest BCUT2D eigenvalue weighted by atomic mass is 127. The molecule has 2 aromatic carbocycles. The summed E-state index contributed by atoms with van der Waals surface area (Å²) >= 11 is 2.07. The van der Waals surface area contributed by atoms with Crippen LogP contribution < -0.4 is 0 Å². The quantitative estimate of drug-likeness (QED) is 0.207. The molecular weight excluding hydrogens is 627 g/mol. The van der Waals surface area contributed by atoms with Crippen molar-refractivity contribution in [3.63, 3.8) is 0 Å². The van der Waals surface area contributed by atoms with Gasteiger partial charge in [0.2, 0.25) is 0 Å². The molecule has 0 aliphatic rings. The van der Waals surface area contributed by atoms with Crippen molar-refractivity contribution in [3.05, 3.63) is 57.8 Å². The largest absolute Gasteiger partial charge is 0.449 e. The summed E-state index contributed by atoms with van der Waals surface area (Å²) in [5, 5.41) is 0.570. The monoisotopic (exact) mass is 662 g/mol. The summed E-state index contributed by atoms with van der Waals surface area (Å²) < 4.78 is 18.2. The van der Waals surface area contributed by atoms with Crippen molar-refractivity contribution < 1.29 is 33.4 Å². The minimum absolute atomic E-state index is 0.0718. The highest BCUT2D eigenvalue weighted by Gasteiger charge is 2.38. The van der Waals surface area contributed by atoms with E-state index in [0.717, 1.165) is 5.56 Å². The zero-order valence-corrected chi connectivity index (χ0v) is 26.2. The lowest BCUT2D eigenvalue weighted by Gasteiger charge is -2.27. The Labute approximate surface area is 247 Å². The van der Waals surface area contributed by atoms with Gasteiger partial charge >= 0.3 is 18.3 Å². The van der Waals surface area contributed by atoms with E-state index in [4.69, 9.17) is 14.2 Å². The van der Waals surface area contributed by atoms with E-state index in [0.29, 0.717) is 19.4 Å². The lowest BCUT2D eigenvalue weighted by Crippen LogP contribution is -2.47. The molecule has 0 bridgehead atoms. The molecular formula is C30H35IN2O7. The van der Waals surface area contributed by atoms with Gasteiger partial charge in [0.25, 0.3) is 5.91 Å². The van der Waals surface area contributed by atoms with Crippen LogP contribution in [0.1, 0.15) is 65.7 Å². The van der Waals surface area contributed by atoms with Crippen LogP contribution >= 0.6 is 22.6 Å². The summed E-state index contributed by atoms with van der Waals surface area (Å²) in [4.78, 5) is 54.2. The SMILES string of the molecule is CC(C)COC(=O)n1cc(I)c2cc(-c3ccccc3)cc(C(=O)N(C(=O)OC(C)(C)C)C(=O)OC(C)(C)C)c21. The van der Waals surface area contributed by atoms with Gasteiger partial charge in [-0.25, -0.2) is 14.4 Å². The van der Waals surface area contributed by atoms with Crippen LogP contribution in [0.25, 0.3) is 22.0 Å². The predicted octanol–water partition coefficient (Wildman–Crippen LogP) is 7.87. The van der Waals surface area contributed by atoms with E-state index in [-0.39, 0.29) is 23.6 Å². The summed E-state index contributed by atoms with van der Waals surface area (Å²) in [6, 6.07) is 12.7. The molecule has 0 unspecified atom stereocenters. The number of fused-ring (bicyclic) bond motifs is 1. The van der Waals surface area contributed by atoms with Crippen LogP contribution in [-0.4, -0.2) is 51.5 Å². The Morgan fingerprint density at radius 2 is 1.43 bits per heavy atom. The van der Waals surface area contributed by atoms with E-state index in [9.17, 15) is 19.2 Å². The highest BCUT2D eigenvalue weighted by molar-refractivity contribution is 14.1. The van der Waals surface area contributed by atoms with Crippen LogP contribution in [0.4, 0.5) is 14.4 Å². The minimum Gasteiger partial charge on any atom is -0.449 e. The smallest absolute Gasteiger partial charge is 0.427 e. The molecule has 0 saturated carbocycles. The van der Waals surface area contributed by atoms with E-state index in [1.807, 2.05) is 50.2 Å². The number of carbonyl (C=O) groups excluding carboxylic acids is 4. The van der Waals surface area contributed by atoms with Crippen LogP contribution in [0.5, 0.6) is 0 Å². The van der Waals surface area contributed by atoms with E-state index < -0.39 is 35.4 Å². The summed E-state index contributed by atoms with van der Waals surface area (Å²) in [5.41, 5.74) is -0.441. The van der Waals surface area contributed by atoms with Crippen LogP contribution in [0, 0.1) is 9.49 Å². The summed E-state index contributed by atoms with van der Waals surface area (Å²) in [5.74, 6) is -0.913. The maximum absolute atomic E-state index is 14.2. The average molecular weight is 663 g/mol. The summed E-state index contributed by atoms with van der Waals surface area (Å²) in [6.07, 6.45) is -1.52. The number of carbonyl (C=O) groups is 4. The van der Waals surface area contributed by atoms with Crippen molar-refractivity contribution in [2.75, 3.05) is 6.61 Å². The van der Waals surface area contributed by atoms with Gasteiger partial charge in [0.1, 0.15) is 11.2 Å². The molecule has 0 aliphatic heterocycles. The number of amides is 3. The first-order valence-electron chi connectivity index (χ1n) is 12.9. The van der Waals surface area contributed by atoms with Crippen LogP contribution in [0.15, 0.2) is 48.7 Å². The van der Waals surface area contributed by atoms with E-state index in [2.05, 4.69) is 22.6 Å². The zero-order chi connectivity index (χ0) is 30.0. The van der Waals surface area contributed by atoms with E-state index in [1.165, 1.54) is 4.57 Å². The van der Waals surface area contributed by atoms with Gasteiger partial charge in [-0.3, -0.25) is 9.36 Å². The van der Waals surface area contributed by atoms with Crippen molar-refractivity contribution in [2.45, 2.75) is 66.6 Å². The van der Waals surface area contributed by atoms with Crippen LogP contribution in [0.2, 0.25) is 0 Å². The van der Waals surface area contributed by atoms with Crippen molar-refractivity contribution in [1.29, 1.82) is 0 Å². The maximum Gasteiger partial charge on any atom is 0.427 e. The molecule has 1 heterocycles. The topological polar surface area (TPSA) is 104 Å². The fourth-order valence-electron chi connectivity index (χ4n) is 3.71. The van der Waals surface area contributed by atoms with Crippen LogP contribution in [-0.2, 0) is 14.2 Å². The molecule has 0 spiro atoms. The second-order valence-electron chi connectivity index (χ2n) is 11.7. The standard InChI is InChI=1S/C30H35IN2O7/c1-18(2)17-38-26(35)32-16-23(31)21-14-20(19-12-10-9-11-13-19)15-22(24(21)32)25(34)33(27(36)39-29(3,4)5)28(37)40-30(6,7)8/h9-16,18H,17H2,1-8H3. The summed E-state index contributed by atoms with van der Waals surface area (Å²) in [7, 11) is 0. The number of hydrogen-bond acceptors (Lipinski definition) is 7. The number of ether oxygens (including phenoxy) is 3. The number of nitrogens with zero attached hydrogens (tertiary/aromatic N) is 2. The Bertz CT molecular complexity index is 1400. The Hall–Kier alpha value is -3.41. The van der Waals surface area contributed by atoms with Crippen molar-refractivity contribution >= 4 is 57.7 Å². The molecule has 0 aliphatic carbocycles. The average Bonchev–Trinajstić information content (AvgIpc) is 3.16. The number of hydrogen-bond donors (Lipinski definition) is 0. The fraction of sp³-hybridized carbons (Fsp3) is 0.400. The number of benzene rings is 2. The Morgan fingerprint density at radius 1 is 0.875 bits per heavy atom. The Balaban J connectivity index is 2.29. The third-order valence-corrected chi connectivity index (χ3v) is 6.14. The van der Waals surface area contributed by atoms with Crippen molar-refractivity contribution in [3.8, 4) is 11.1 Å². The molecule has 0 radical (unpaired) electrons. The number of rotatable bonds is 4. The first kappa shape index (κ1) is 31.1. The molecule has 3 rings (SSSR count). The lowest BCUT2D eigenvalue weighted by atomic mass is 9.99. The molecule has 214 valence electrons. The highest BCUT2D eigenvalue weighted by Crippen LogP contribution is 2.33. The molecule has 3 aromatic rings. The summed E-state index contributed by atoms with van der Waals surface area (Å²) in [6.45, 7) is 13.7. The predicted molar refractivity (Wildman–Crippen MR) is 160 cm³/mol. The van der Waals surface area contributed by atoms with E-state index in [1.54, 1.807) is 53.8 Å². The number of halogens is 1. The van der Waals surface area contributed by atoms with Gasteiger partial charge in [-0.05, 0) is 93.3 Å². The first-order chi connectivity index (χ1) is 18.5. The molecule has 0 fully saturated rings. The van der Waals surface area contributed by atoms with Gasteiger partial charge in [-0.2, -0.15) is 0 Å². The van der Waals surface area contributed by atoms with E-state index >= 15 is 0 Å². The second-order valence-corrected chi connectivity index (χ2v) is 12.9. The normalized spacial score (nSPS) is 11.8. The molecule has 3 amide bonds.